The van der Waals surface area contributed by atoms with Crippen molar-refractivity contribution in [3.8, 4) is 5.75 Å². The summed E-state index contributed by atoms with van der Waals surface area (Å²) < 4.78 is 11.2. The first-order valence-electron chi connectivity index (χ1n) is 6.17. The van der Waals surface area contributed by atoms with Crippen LogP contribution in [0.1, 0.15) is 0 Å². The van der Waals surface area contributed by atoms with Crippen LogP contribution in [0.5, 0.6) is 5.75 Å². The van der Waals surface area contributed by atoms with Gasteiger partial charge in [0.25, 0.3) is 5.91 Å². The number of benzene rings is 1. The van der Waals surface area contributed by atoms with Gasteiger partial charge in [-0.25, -0.2) is 4.79 Å². The Hall–Kier alpha value is -1.31. The van der Waals surface area contributed by atoms with E-state index in [1.165, 1.54) is 4.90 Å². The summed E-state index contributed by atoms with van der Waals surface area (Å²) in [6.45, 7) is 0.362. The van der Waals surface area contributed by atoms with E-state index in [-0.39, 0.29) is 25.7 Å². The van der Waals surface area contributed by atoms with Gasteiger partial charge in [0, 0.05) is 11.0 Å². The van der Waals surface area contributed by atoms with E-state index < -0.39 is 12.1 Å². The third-order valence-corrected chi connectivity index (χ3v) is 3.73. The zero-order chi connectivity index (χ0) is 15.4. The third-order valence-electron chi connectivity index (χ3n) is 2.94. The molecule has 1 aliphatic heterocycles. The van der Waals surface area contributed by atoms with Crippen LogP contribution in [0, 0.1) is 0 Å². The summed E-state index contributed by atoms with van der Waals surface area (Å²) in [4.78, 5) is 24.3. The van der Waals surface area contributed by atoms with Gasteiger partial charge in [-0.1, -0.05) is 27.5 Å². The van der Waals surface area contributed by atoms with Gasteiger partial charge in [-0.15, -0.1) is 0 Å². The number of carbonyl (C=O) groups excluding carboxylic acids is 1. The van der Waals surface area contributed by atoms with E-state index >= 15 is 0 Å². The average Bonchev–Trinajstić information content (AvgIpc) is 2.46. The SMILES string of the molecule is O=C(O)C1CN(C(=O)COc2ccc(Br)cc2Cl)CCO1. The monoisotopic (exact) mass is 377 g/mol. The summed E-state index contributed by atoms with van der Waals surface area (Å²) in [7, 11) is 0. The second kappa shape index (κ2) is 7.11. The van der Waals surface area contributed by atoms with Crippen LogP contribution in [-0.2, 0) is 14.3 Å². The summed E-state index contributed by atoms with van der Waals surface area (Å²) in [6.07, 6.45) is -0.987. The number of nitrogens with zero attached hydrogens (tertiary/aromatic N) is 1. The fraction of sp³-hybridized carbons (Fsp3) is 0.385. The summed E-state index contributed by atoms with van der Waals surface area (Å²) >= 11 is 9.26. The standard InChI is InChI=1S/C13H13BrClNO5/c14-8-1-2-10(9(15)5-8)21-7-12(17)16-3-4-20-11(6-16)13(18)19/h1-2,5,11H,3-4,6-7H2,(H,18,19). The third kappa shape index (κ3) is 4.33. The molecule has 0 aliphatic carbocycles. The van der Waals surface area contributed by atoms with Gasteiger partial charge >= 0.3 is 5.97 Å². The van der Waals surface area contributed by atoms with Crippen molar-refractivity contribution in [3.05, 3.63) is 27.7 Å². The van der Waals surface area contributed by atoms with Crippen molar-refractivity contribution in [2.24, 2.45) is 0 Å². The highest BCUT2D eigenvalue weighted by Crippen LogP contribution is 2.27. The maximum absolute atomic E-state index is 12.0. The van der Waals surface area contributed by atoms with Crippen molar-refractivity contribution < 1.29 is 24.2 Å². The van der Waals surface area contributed by atoms with E-state index in [4.69, 9.17) is 26.2 Å². The molecule has 8 heteroatoms. The number of hydrogen-bond acceptors (Lipinski definition) is 4. The molecule has 0 radical (unpaired) electrons. The molecular formula is C13H13BrClNO5. The predicted molar refractivity (Wildman–Crippen MR) is 78.6 cm³/mol. The van der Waals surface area contributed by atoms with E-state index in [0.717, 1.165) is 4.47 Å². The van der Waals surface area contributed by atoms with Crippen LogP contribution in [0.15, 0.2) is 22.7 Å². The molecule has 1 N–H and O–H groups in total. The Bertz CT molecular complexity index is 553. The molecule has 0 bridgehead atoms. The molecule has 1 unspecified atom stereocenters. The summed E-state index contributed by atoms with van der Waals surface area (Å²) in [5.41, 5.74) is 0. The van der Waals surface area contributed by atoms with E-state index in [9.17, 15) is 9.59 Å². The molecule has 0 saturated carbocycles. The van der Waals surface area contributed by atoms with Crippen molar-refractivity contribution in [2.45, 2.75) is 6.10 Å². The Kier molecular flexibility index (Phi) is 5.44. The van der Waals surface area contributed by atoms with Crippen LogP contribution in [0.25, 0.3) is 0 Å². The van der Waals surface area contributed by atoms with E-state index in [1.54, 1.807) is 18.2 Å². The first kappa shape index (κ1) is 16.1. The van der Waals surface area contributed by atoms with Crippen molar-refractivity contribution in [2.75, 3.05) is 26.3 Å². The lowest BCUT2D eigenvalue weighted by Crippen LogP contribution is -2.49. The van der Waals surface area contributed by atoms with Gasteiger partial charge in [0.2, 0.25) is 0 Å². The Morgan fingerprint density at radius 2 is 2.29 bits per heavy atom. The van der Waals surface area contributed by atoms with Crippen LogP contribution in [0.3, 0.4) is 0 Å². The molecule has 0 aromatic heterocycles. The van der Waals surface area contributed by atoms with E-state index in [0.29, 0.717) is 17.3 Å². The molecule has 0 spiro atoms. The van der Waals surface area contributed by atoms with Gasteiger partial charge < -0.3 is 19.5 Å². The van der Waals surface area contributed by atoms with Crippen LogP contribution in [-0.4, -0.2) is 54.3 Å². The zero-order valence-corrected chi connectivity index (χ0v) is 13.3. The lowest BCUT2D eigenvalue weighted by Gasteiger charge is -2.30. The average molecular weight is 379 g/mol. The largest absolute Gasteiger partial charge is 0.482 e. The summed E-state index contributed by atoms with van der Waals surface area (Å²) in [5, 5.41) is 9.28. The fourth-order valence-corrected chi connectivity index (χ4v) is 2.58. The van der Waals surface area contributed by atoms with Gasteiger partial charge in [0.15, 0.2) is 12.7 Å². The van der Waals surface area contributed by atoms with Gasteiger partial charge in [0.05, 0.1) is 18.2 Å². The van der Waals surface area contributed by atoms with Gasteiger partial charge in [-0.2, -0.15) is 0 Å². The summed E-state index contributed by atoms with van der Waals surface area (Å²) in [6, 6.07) is 5.07. The molecule has 1 aromatic carbocycles. The first-order valence-corrected chi connectivity index (χ1v) is 7.34. The van der Waals surface area contributed by atoms with Crippen LogP contribution in [0.4, 0.5) is 0 Å². The van der Waals surface area contributed by atoms with Crippen molar-refractivity contribution >= 4 is 39.4 Å². The normalized spacial score (nSPS) is 18.4. The smallest absolute Gasteiger partial charge is 0.334 e. The van der Waals surface area contributed by atoms with Crippen LogP contribution >= 0.6 is 27.5 Å². The maximum Gasteiger partial charge on any atom is 0.334 e. The minimum atomic E-state index is -1.08. The number of amides is 1. The number of aliphatic carboxylic acids is 1. The molecule has 21 heavy (non-hydrogen) atoms. The number of rotatable bonds is 4. The molecule has 1 fully saturated rings. The molecule has 2 rings (SSSR count). The number of halogens is 2. The number of hydrogen-bond donors (Lipinski definition) is 1. The Morgan fingerprint density at radius 3 is 2.95 bits per heavy atom. The van der Waals surface area contributed by atoms with Gasteiger partial charge in [0.1, 0.15) is 5.75 Å². The molecule has 1 aliphatic rings. The second-order valence-electron chi connectivity index (χ2n) is 4.40. The molecular weight excluding hydrogens is 366 g/mol. The zero-order valence-electron chi connectivity index (χ0n) is 10.9. The molecule has 1 atom stereocenters. The Balaban J connectivity index is 1.90. The second-order valence-corrected chi connectivity index (χ2v) is 5.72. The number of carboxylic acids is 1. The van der Waals surface area contributed by atoms with Crippen molar-refractivity contribution in [3.63, 3.8) is 0 Å². The molecule has 1 heterocycles. The lowest BCUT2D eigenvalue weighted by atomic mass is 10.2. The fourth-order valence-electron chi connectivity index (χ4n) is 1.85. The number of carboxylic acid groups (broad SMARTS) is 1. The molecule has 6 nitrogen and oxygen atoms in total. The topological polar surface area (TPSA) is 76.1 Å². The predicted octanol–water partition coefficient (Wildman–Crippen LogP) is 1.79. The van der Waals surface area contributed by atoms with E-state index in [2.05, 4.69) is 15.9 Å². The lowest BCUT2D eigenvalue weighted by molar-refractivity contribution is -0.159. The van der Waals surface area contributed by atoms with Crippen LogP contribution in [0.2, 0.25) is 5.02 Å². The minimum Gasteiger partial charge on any atom is -0.482 e. The Labute approximate surface area is 134 Å². The Morgan fingerprint density at radius 1 is 1.52 bits per heavy atom. The molecule has 1 aromatic rings. The highest BCUT2D eigenvalue weighted by atomic mass is 79.9. The number of carbonyl (C=O) groups is 2. The first-order chi connectivity index (χ1) is 9.97. The van der Waals surface area contributed by atoms with Crippen molar-refractivity contribution in [1.29, 1.82) is 0 Å². The summed E-state index contributed by atoms with van der Waals surface area (Å²) in [5.74, 6) is -0.982. The minimum absolute atomic E-state index is 0.0194. The van der Waals surface area contributed by atoms with Gasteiger partial charge in [-0.05, 0) is 18.2 Å². The molecule has 1 saturated heterocycles. The van der Waals surface area contributed by atoms with Crippen molar-refractivity contribution in [1.82, 2.24) is 4.90 Å². The highest BCUT2D eigenvalue weighted by molar-refractivity contribution is 9.10. The number of morpholine rings is 1. The quantitative estimate of drug-likeness (QED) is 0.864. The number of ether oxygens (including phenoxy) is 2. The highest BCUT2D eigenvalue weighted by Gasteiger charge is 2.29. The van der Waals surface area contributed by atoms with Gasteiger partial charge in [-0.3, -0.25) is 4.79 Å². The maximum atomic E-state index is 12.0. The van der Waals surface area contributed by atoms with E-state index in [1.807, 2.05) is 0 Å². The molecule has 1 amide bonds. The molecule has 114 valence electrons. The van der Waals surface area contributed by atoms with Crippen LogP contribution < -0.4 is 4.74 Å².